The number of nitrogens with zero attached hydrogens (tertiary/aromatic N) is 1. The van der Waals surface area contributed by atoms with Crippen molar-refractivity contribution < 1.29 is 8.42 Å². The number of sulfonamides is 1. The third-order valence-corrected chi connectivity index (χ3v) is 5.69. The largest absolute Gasteiger partial charge is 0.212 e. The molecule has 1 aliphatic heterocycles. The fourth-order valence-corrected chi connectivity index (χ4v) is 3.47. The first-order valence-electron chi connectivity index (χ1n) is 4.52. The van der Waals surface area contributed by atoms with Gasteiger partial charge < -0.3 is 0 Å². The normalized spacial score (nSPS) is 16.3. The van der Waals surface area contributed by atoms with Crippen LogP contribution in [0, 0.1) is 0 Å². The summed E-state index contributed by atoms with van der Waals surface area (Å²) in [6.45, 7) is 0.340. The van der Waals surface area contributed by atoms with Gasteiger partial charge in [-0.1, -0.05) is 46.4 Å². The number of hydrogen-bond donors (Lipinski definition) is 0. The zero-order valence-corrected chi connectivity index (χ0v) is 12.4. The van der Waals surface area contributed by atoms with Crippen LogP contribution in [0.2, 0.25) is 20.1 Å². The Balaban J connectivity index is 2.60. The minimum Gasteiger partial charge on any atom is -0.212 e. The molecule has 0 saturated heterocycles. The van der Waals surface area contributed by atoms with Gasteiger partial charge in [-0.3, -0.25) is 0 Å². The Labute approximate surface area is 119 Å². The molecule has 0 aliphatic carbocycles. The van der Waals surface area contributed by atoms with Crippen molar-refractivity contribution in [2.45, 2.75) is 13.1 Å². The van der Waals surface area contributed by atoms with E-state index in [4.69, 9.17) is 46.4 Å². The Morgan fingerprint density at radius 1 is 0.882 bits per heavy atom. The van der Waals surface area contributed by atoms with E-state index in [0.717, 1.165) is 6.26 Å². The Morgan fingerprint density at radius 2 is 1.24 bits per heavy atom. The van der Waals surface area contributed by atoms with Crippen molar-refractivity contribution in [2.75, 3.05) is 6.26 Å². The van der Waals surface area contributed by atoms with Crippen LogP contribution >= 0.6 is 46.4 Å². The van der Waals surface area contributed by atoms with Crippen LogP contribution < -0.4 is 0 Å². The van der Waals surface area contributed by atoms with Crippen molar-refractivity contribution >= 4 is 56.4 Å². The predicted molar refractivity (Wildman–Crippen MR) is 70.6 cm³/mol. The maximum Gasteiger partial charge on any atom is 0.211 e. The lowest BCUT2D eigenvalue weighted by Gasteiger charge is -2.10. The first-order valence-corrected chi connectivity index (χ1v) is 7.88. The van der Waals surface area contributed by atoms with Gasteiger partial charge >= 0.3 is 0 Å². The number of fused-ring (bicyclic) bond motifs is 1. The zero-order chi connectivity index (χ0) is 13.0. The highest BCUT2D eigenvalue weighted by atomic mass is 35.5. The lowest BCUT2D eigenvalue weighted by atomic mass is 10.1. The average Bonchev–Trinajstić information content (AvgIpc) is 2.67. The fourth-order valence-electron chi connectivity index (χ4n) is 1.70. The van der Waals surface area contributed by atoms with Crippen LogP contribution in [-0.2, 0) is 23.1 Å². The van der Waals surface area contributed by atoms with Crippen molar-refractivity contribution in [1.29, 1.82) is 0 Å². The number of benzene rings is 1. The highest BCUT2D eigenvalue weighted by molar-refractivity contribution is 7.88. The highest BCUT2D eigenvalue weighted by Crippen LogP contribution is 2.45. The summed E-state index contributed by atoms with van der Waals surface area (Å²) in [5, 5.41) is 0.851. The molecule has 1 aromatic rings. The second kappa shape index (κ2) is 4.44. The van der Waals surface area contributed by atoms with E-state index in [-0.39, 0.29) is 33.2 Å². The second-order valence-electron chi connectivity index (χ2n) is 3.74. The molecule has 0 amide bonds. The fraction of sp³-hybridized carbons (Fsp3) is 0.333. The molecule has 2 rings (SSSR count). The topological polar surface area (TPSA) is 37.4 Å². The molecule has 0 radical (unpaired) electrons. The number of rotatable bonds is 1. The van der Waals surface area contributed by atoms with Gasteiger partial charge in [0, 0.05) is 13.1 Å². The van der Waals surface area contributed by atoms with E-state index >= 15 is 0 Å². The van der Waals surface area contributed by atoms with E-state index in [1.807, 2.05) is 0 Å². The van der Waals surface area contributed by atoms with Crippen LogP contribution in [-0.4, -0.2) is 19.0 Å². The summed E-state index contributed by atoms with van der Waals surface area (Å²) in [6, 6.07) is 0. The summed E-state index contributed by atoms with van der Waals surface area (Å²) in [6.07, 6.45) is 1.13. The lowest BCUT2D eigenvalue weighted by molar-refractivity contribution is 0.436. The zero-order valence-electron chi connectivity index (χ0n) is 8.60. The summed E-state index contributed by atoms with van der Waals surface area (Å²) in [5.74, 6) is 0. The molecule has 0 fully saturated rings. The molecule has 94 valence electrons. The molecule has 3 nitrogen and oxygen atoms in total. The summed E-state index contributed by atoms with van der Waals surface area (Å²) < 4.78 is 24.2. The van der Waals surface area contributed by atoms with Crippen molar-refractivity contribution in [3.8, 4) is 0 Å². The second-order valence-corrected chi connectivity index (χ2v) is 7.24. The standard InChI is InChI=1S/C9H7Cl4NO2S/c1-17(15,16)14-2-4-5(3-14)7(11)9(13)8(12)6(4)10/h2-3H2,1H3. The lowest BCUT2D eigenvalue weighted by Crippen LogP contribution is -2.23. The van der Waals surface area contributed by atoms with E-state index in [2.05, 4.69) is 0 Å². The summed E-state index contributed by atoms with van der Waals surface area (Å²) in [5.41, 5.74) is 1.24. The Morgan fingerprint density at radius 3 is 1.53 bits per heavy atom. The van der Waals surface area contributed by atoms with Gasteiger partial charge in [-0.05, 0) is 11.1 Å². The van der Waals surface area contributed by atoms with Crippen LogP contribution in [0.3, 0.4) is 0 Å². The van der Waals surface area contributed by atoms with E-state index in [1.165, 1.54) is 4.31 Å². The van der Waals surface area contributed by atoms with Gasteiger partial charge in [0.05, 0.1) is 26.3 Å². The molecule has 1 aromatic carbocycles. The maximum atomic E-state index is 11.5. The molecular weight excluding hydrogens is 328 g/mol. The summed E-state index contributed by atoms with van der Waals surface area (Å²) in [7, 11) is -3.30. The maximum absolute atomic E-state index is 11.5. The minimum absolute atomic E-state index is 0.160. The molecule has 8 heteroatoms. The highest BCUT2D eigenvalue weighted by Gasteiger charge is 2.32. The molecule has 0 spiro atoms. The Bertz CT molecular complexity index is 563. The molecule has 1 heterocycles. The van der Waals surface area contributed by atoms with Gasteiger partial charge in [-0.15, -0.1) is 0 Å². The molecular formula is C9H7Cl4NO2S. The van der Waals surface area contributed by atoms with Crippen LogP contribution in [0.1, 0.15) is 11.1 Å². The van der Waals surface area contributed by atoms with Gasteiger partial charge in [0.15, 0.2) is 0 Å². The molecule has 1 aliphatic rings. The minimum atomic E-state index is -3.30. The molecule has 17 heavy (non-hydrogen) atoms. The van der Waals surface area contributed by atoms with Gasteiger partial charge in [-0.2, -0.15) is 4.31 Å². The van der Waals surface area contributed by atoms with E-state index in [1.54, 1.807) is 0 Å². The van der Waals surface area contributed by atoms with Gasteiger partial charge in [0.1, 0.15) is 0 Å². The average molecular weight is 335 g/mol. The SMILES string of the molecule is CS(=O)(=O)N1Cc2c(Cl)c(Cl)c(Cl)c(Cl)c2C1. The third kappa shape index (κ3) is 2.27. The van der Waals surface area contributed by atoms with Crippen molar-refractivity contribution in [2.24, 2.45) is 0 Å². The van der Waals surface area contributed by atoms with Crippen molar-refractivity contribution in [1.82, 2.24) is 4.31 Å². The Kier molecular flexibility index (Phi) is 3.58. The number of halogens is 4. The molecule has 0 saturated carbocycles. The Hall–Kier alpha value is 0.290. The van der Waals surface area contributed by atoms with Crippen LogP contribution in [0.4, 0.5) is 0 Å². The smallest absolute Gasteiger partial charge is 0.211 e. The molecule has 0 aromatic heterocycles. The van der Waals surface area contributed by atoms with Gasteiger partial charge in [0.25, 0.3) is 0 Å². The van der Waals surface area contributed by atoms with E-state index < -0.39 is 10.0 Å². The van der Waals surface area contributed by atoms with Crippen LogP contribution in [0.5, 0.6) is 0 Å². The van der Waals surface area contributed by atoms with Crippen LogP contribution in [0.25, 0.3) is 0 Å². The first kappa shape index (κ1) is 13.7. The molecule has 0 N–H and O–H groups in total. The molecule has 0 unspecified atom stereocenters. The van der Waals surface area contributed by atoms with Gasteiger partial charge in [0.2, 0.25) is 10.0 Å². The number of hydrogen-bond acceptors (Lipinski definition) is 2. The summed E-state index contributed by atoms with van der Waals surface area (Å²) in [4.78, 5) is 0. The monoisotopic (exact) mass is 333 g/mol. The quantitative estimate of drug-likeness (QED) is 0.581. The molecule has 0 atom stereocenters. The van der Waals surface area contributed by atoms with E-state index in [0.29, 0.717) is 11.1 Å². The third-order valence-electron chi connectivity index (χ3n) is 2.61. The first-order chi connectivity index (χ1) is 7.73. The molecule has 0 bridgehead atoms. The van der Waals surface area contributed by atoms with Crippen molar-refractivity contribution in [3.05, 3.63) is 31.2 Å². The summed E-state index contributed by atoms with van der Waals surface area (Å²) >= 11 is 23.9. The van der Waals surface area contributed by atoms with Crippen LogP contribution in [0.15, 0.2) is 0 Å². The van der Waals surface area contributed by atoms with Gasteiger partial charge in [-0.25, -0.2) is 8.42 Å². The van der Waals surface area contributed by atoms with E-state index in [9.17, 15) is 8.42 Å². The predicted octanol–water partition coefficient (Wildman–Crippen LogP) is 3.58. The van der Waals surface area contributed by atoms with Crippen molar-refractivity contribution in [3.63, 3.8) is 0 Å².